The summed E-state index contributed by atoms with van der Waals surface area (Å²) in [4.78, 5) is 55.2. The first-order valence-electron chi connectivity index (χ1n) is 9.96. The van der Waals surface area contributed by atoms with Crippen molar-refractivity contribution in [3.8, 4) is 16.5 Å². The Kier molecular flexibility index (Phi) is 7.01. The molecule has 34 heavy (non-hydrogen) atoms. The molecule has 1 atom stereocenters. The molecule has 0 fully saturated rings. The first kappa shape index (κ1) is 24.5. The number of carbonyl (C=O) groups excluding carboxylic acids is 2. The van der Waals surface area contributed by atoms with Gasteiger partial charge in [0.25, 0.3) is 11.5 Å². The maximum atomic E-state index is 13.2. The van der Waals surface area contributed by atoms with Crippen LogP contribution in [-0.2, 0) is 9.53 Å². The molecule has 3 aromatic rings. The van der Waals surface area contributed by atoms with E-state index in [0.29, 0.717) is 5.56 Å². The topological polar surface area (TPSA) is 171 Å². The van der Waals surface area contributed by atoms with Crippen molar-refractivity contribution in [1.29, 1.82) is 0 Å². The van der Waals surface area contributed by atoms with E-state index in [2.05, 4.69) is 20.6 Å². The third kappa shape index (κ3) is 5.78. The standard InChI is InChI=1S/C22H22N4O7S/c1-22(2,3)33-21(32)25-13(11-7-5-4-6-8-11)18(28)23-12-9-10-34-16(12)17-24-14(20(30)31)15(27)19(29)26-17/h4-10,13,27H,1-3H3,(H,23,28)(H,25,32)(H,30,31)(H,24,26,29)/t13-/m0/s1. The van der Waals surface area contributed by atoms with Gasteiger partial charge in [0, 0.05) is 0 Å². The molecule has 0 spiro atoms. The number of carbonyl (C=O) groups is 3. The van der Waals surface area contributed by atoms with Gasteiger partial charge in [-0.15, -0.1) is 11.3 Å². The van der Waals surface area contributed by atoms with E-state index in [-0.39, 0.29) is 16.4 Å². The van der Waals surface area contributed by atoms with E-state index in [9.17, 15) is 29.4 Å². The molecule has 0 bridgehead atoms. The number of thiophene rings is 1. The van der Waals surface area contributed by atoms with E-state index < -0.39 is 46.6 Å². The van der Waals surface area contributed by atoms with E-state index in [1.54, 1.807) is 56.5 Å². The van der Waals surface area contributed by atoms with Gasteiger partial charge in [-0.3, -0.25) is 9.59 Å². The number of nitrogens with zero attached hydrogens (tertiary/aromatic N) is 1. The number of aromatic carboxylic acids is 1. The molecule has 2 heterocycles. The van der Waals surface area contributed by atoms with Gasteiger partial charge in [-0.1, -0.05) is 30.3 Å². The second kappa shape index (κ2) is 9.75. The van der Waals surface area contributed by atoms with Gasteiger partial charge >= 0.3 is 12.1 Å². The number of nitrogens with one attached hydrogen (secondary N) is 3. The maximum Gasteiger partial charge on any atom is 0.408 e. The Morgan fingerprint density at radius 2 is 1.82 bits per heavy atom. The molecule has 0 radical (unpaired) electrons. The number of ether oxygens (including phenoxy) is 1. The van der Waals surface area contributed by atoms with Gasteiger partial charge in [-0.2, -0.15) is 0 Å². The largest absolute Gasteiger partial charge is 0.501 e. The fourth-order valence-electron chi connectivity index (χ4n) is 2.89. The molecule has 11 nitrogen and oxygen atoms in total. The van der Waals surface area contributed by atoms with Crippen molar-refractivity contribution in [3.63, 3.8) is 0 Å². The van der Waals surface area contributed by atoms with E-state index in [1.807, 2.05) is 0 Å². The minimum absolute atomic E-state index is 0.151. The summed E-state index contributed by atoms with van der Waals surface area (Å²) < 4.78 is 5.27. The number of carboxylic acids is 1. The van der Waals surface area contributed by atoms with Crippen LogP contribution in [0, 0.1) is 0 Å². The zero-order valence-corrected chi connectivity index (χ0v) is 19.2. The first-order valence-corrected chi connectivity index (χ1v) is 10.8. The van der Waals surface area contributed by atoms with E-state index in [0.717, 1.165) is 11.3 Å². The summed E-state index contributed by atoms with van der Waals surface area (Å²) >= 11 is 1.07. The highest BCUT2D eigenvalue weighted by molar-refractivity contribution is 7.14. The fourth-order valence-corrected chi connectivity index (χ4v) is 3.69. The van der Waals surface area contributed by atoms with Crippen LogP contribution < -0.4 is 16.2 Å². The quantitative estimate of drug-likeness (QED) is 0.354. The number of carboxylic acid groups (broad SMARTS) is 1. The lowest BCUT2D eigenvalue weighted by atomic mass is 10.1. The Hall–Kier alpha value is -4.19. The SMILES string of the molecule is CC(C)(C)OC(=O)N[C@H](C(=O)Nc1ccsc1-c1nc(C(=O)O)c(O)c(=O)[nH]1)c1ccccc1. The highest BCUT2D eigenvalue weighted by atomic mass is 32.1. The minimum Gasteiger partial charge on any atom is -0.501 e. The molecule has 3 rings (SSSR count). The zero-order valence-electron chi connectivity index (χ0n) is 18.4. The number of amides is 2. The van der Waals surface area contributed by atoms with Crippen LogP contribution in [-0.4, -0.2) is 43.8 Å². The number of aromatic hydroxyl groups is 1. The number of anilines is 1. The highest BCUT2D eigenvalue weighted by Gasteiger charge is 2.27. The fraction of sp³-hybridized carbons (Fsp3) is 0.227. The van der Waals surface area contributed by atoms with Crippen molar-refractivity contribution >= 4 is 35.0 Å². The van der Waals surface area contributed by atoms with Crippen molar-refractivity contribution in [3.05, 3.63) is 63.4 Å². The van der Waals surface area contributed by atoms with Gasteiger partial charge in [-0.05, 0) is 37.8 Å². The predicted octanol–water partition coefficient (Wildman–Crippen LogP) is 3.11. The van der Waals surface area contributed by atoms with Gasteiger partial charge < -0.3 is 30.6 Å². The van der Waals surface area contributed by atoms with Crippen LogP contribution in [0.4, 0.5) is 10.5 Å². The summed E-state index contributed by atoms with van der Waals surface area (Å²) in [7, 11) is 0. The zero-order chi connectivity index (χ0) is 25.0. The molecule has 2 aromatic heterocycles. The summed E-state index contributed by atoms with van der Waals surface area (Å²) in [6, 6.07) is 8.91. The van der Waals surface area contributed by atoms with Gasteiger partial charge in [0.2, 0.25) is 5.75 Å². The van der Waals surface area contributed by atoms with Crippen molar-refractivity contribution in [2.24, 2.45) is 0 Å². The summed E-state index contributed by atoms with van der Waals surface area (Å²) in [6.07, 6.45) is -0.794. The molecular weight excluding hydrogens is 464 g/mol. The second-order valence-electron chi connectivity index (χ2n) is 8.06. The van der Waals surface area contributed by atoms with Crippen molar-refractivity contribution in [2.45, 2.75) is 32.4 Å². The Morgan fingerprint density at radius 1 is 1.15 bits per heavy atom. The van der Waals surface area contributed by atoms with Gasteiger partial charge in [0.15, 0.2) is 11.5 Å². The van der Waals surface area contributed by atoms with Crippen LogP contribution in [0.25, 0.3) is 10.7 Å². The summed E-state index contributed by atoms with van der Waals surface area (Å²) in [6.45, 7) is 5.08. The average Bonchev–Trinajstić information content (AvgIpc) is 3.21. The maximum absolute atomic E-state index is 13.2. The Labute approximate surface area is 197 Å². The van der Waals surface area contributed by atoms with Gasteiger partial charge in [0.05, 0.1) is 10.6 Å². The summed E-state index contributed by atoms with van der Waals surface area (Å²) in [5.74, 6) is -3.38. The number of rotatable bonds is 6. The number of aromatic amines is 1. The number of benzene rings is 1. The Bertz CT molecular complexity index is 1280. The van der Waals surface area contributed by atoms with Crippen molar-refractivity contribution in [2.75, 3.05) is 5.32 Å². The minimum atomic E-state index is -1.59. The van der Waals surface area contributed by atoms with Crippen LogP contribution in [0.3, 0.4) is 0 Å². The average molecular weight is 487 g/mol. The van der Waals surface area contributed by atoms with E-state index >= 15 is 0 Å². The van der Waals surface area contributed by atoms with Crippen molar-refractivity contribution < 1.29 is 29.3 Å². The number of aromatic nitrogens is 2. The lowest BCUT2D eigenvalue weighted by Crippen LogP contribution is -2.40. The van der Waals surface area contributed by atoms with E-state index in [1.165, 1.54) is 6.07 Å². The third-order valence-corrected chi connectivity index (χ3v) is 5.21. The van der Waals surface area contributed by atoms with Gasteiger partial charge in [0.1, 0.15) is 11.6 Å². The predicted molar refractivity (Wildman–Crippen MR) is 124 cm³/mol. The molecule has 1 aromatic carbocycles. The Balaban J connectivity index is 1.92. The summed E-state index contributed by atoms with van der Waals surface area (Å²) in [5, 5.41) is 25.7. The lowest BCUT2D eigenvalue weighted by Gasteiger charge is -2.23. The molecule has 178 valence electrons. The molecule has 5 N–H and O–H groups in total. The molecule has 0 saturated heterocycles. The van der Waals surface area contributed by atoms with Crippen LogP contribution in [0.15, 0.2) is 46.6 Å². The normalized spacial score (nSPS) is 12.0. The summed E-state index contributed by atoms with van der Waals surface area (Å²) in [5.41, 5.74) is -1.93. The van der Waals surface area contributed by atoms with Crippen LogP contribution in [0.1, 0.15) is 42.9 Å². The molecule has 0 unspecified atom stereocenters. The molecular formula is C22H22N4O7S. The third-order valence-electron chi connectivity index (χ3n) is 4.29. The molecule has 0 aliphatic rings. The number of hydrogen-bond acceptors (Lipinski definition) is 8. The van der Waals surface area contributed by atoms with Crippen LogP contribution in [0.5, 0.6) is 5.75 Å². The number of alkyl carbamates (subject to hydrolysis) is 1. The molecule has 0 aliphatic carbocycles. The molecule has 2 amide bonds. The first-order chi connectivity index (χ1) is 16.0. The second-order valence-corrected chi connectivity index (χ2v) is 8.98. The van der Waals surface area contributed by atoms with Gasteiger partial charge in [-0.25, -0.2) is 14.6 Å². The lowest BCUT2D eigenvalue weighted by molar-refractivity contribution is -0.118. The highest BCUT2D eigenvalue weighted by Crippen LogP contribution is 2.32. The smallest absolute Gasteiger partial charge is 0.408 e. The Morgan fingerprint density at radius 3 is 2.44 bits per heavy atom. The number of hydrogen-bond donors (Lipinski definition) is 5. The molecule has 12 heteroatoms. The molecule has 0 saturated carbocycles. The number of H-pyrrole nitrogens is 1. The van der Waals surface area contributed by atoms with E-state index in [4.69, 9.17) is 4.74 Å². The molecule has 0 aliphatic heterocycles. The monoisotopic (exact) mass is 486 g/mol. The van der Waals surface area contributed by atoms with Crippen LogP contribution >= 0.6 is 11.3 Å². The van der Waals surface area contributed by atoms with Crippen molar-refractivity contribution in [1.82, 2.24) is 15.3 Å². The van der Waals surface area contributed by atoms with Crippen LogP contribution in [0.2, 0.25) is 0 Å².